The molecule has 0 spiro atoms. The fourth-order valence-electron chi connectivity index (χ4n) is 3.88. The van der Waals surface area contributed by atoms with Crippen LogP contribution in [0.25, 0.3) is 11.3 Å². The highest BCUT2D eigenvalue weighted by Crippen LogP contribution is 2.31. The van der Waals surface area contributed by atoms with Gasteiger partial charge in [-0.15, -0.1) is 0 Å². The van der Waals surface area contributed by atoms with E-state index in [4.69, 9.17) is 9.26 Å². The third-order valence-corrected chi connectivity index (χ3v) is 7.08. The predicted molar refractivity (Wildman–Crippen MR) is 118 cm³/mol. The van der Waals surface area contributed by atoms with Crippen LogP contribution in [0.3, 0.4) is 0 Å². The number of likely N-dealkylation sites (tertiary alicyclic amines) is 1. The summed E-state index contributed by atoms with van der Waals surface area (Å²) in [6, 6.07) is 16.9. The fourth-order valence-corrected chi connectivity index (χ4v) is 5.33. The Morgan fingerprint density at radius 1 is 1.13 bits per heavy atom. The summed E-state index contributed by atoms with van der Waals surface area (Å²) in [7, 11) is -2.25. The van der Waals surface area contributed by atoms with E-state index in [-0.39, 0.29) is 16.7 Å². The van der Waals surface area contributed by atoms with Gasteiger partial charge in [-0.1, -0.05) is 35.5 Å². The molecule has 1 aromatic heterocycles. The normalized spacial score (nSPS) is 15.8. The summed E-state index contributed by atoms with van der Waals surface area (Å²) in [5.41, 5.74) is 2.74. The average Bonchev–Trinajstić information content (AvgIpc) is 3.21. The third kappa shape index (κ3) is 5.15. The third-order valence-electron chi connectivity index (χ3n) is 5.52. The molecule has 1 aliphatic rings. The molecular weight excluding hydrogens is 414 g/mol. The number of sulfonamides is 1. The maximum atomic E-state index is 13.1. The second-order valence-electron chi connectivity index (χ2n) is 7.86. The number of aryl methyl sites for hydroxylation is 1. The van der Waals surface area contributed by atoms with E-state index < -0.39 is 10.0 Å². The Hall–Kier alpha value is -2.68. The monoisotopic (exact) mass is 441 g/mol. The van der Waals surface area contributed by atoms with Gasteiger partial charge in [0.2, 0.25) is 10.0 Å². The second-order valence-corrected chi connectivity index (χ2v) is 9.54. The lowest BCUT2D eigenvalue weighted by Gasteiger charge is -2.32. The van der Waals surface area contributed by atoms with Gasteiger partial charge in [0.1, 0.15) is 10.6 Å². The zero-order valence-electron chi connectivity index (χ0n) is 17.7. The van der Waals surface area contributed by atoms with Crippen LogP contribution in [0.1, 0.15) is 24.1 Å². The molecule has 0 radical (unpaired) electrons. The Bertz CT molecular complexity index is 1120. The van der Waals surface area contributed by atoms with E-state index in [2.05, 4.69) is 26.9 Å². The molecule has 0 amide bonds. The highest BCUT2D eigenvalue weighted by molar-refractivity contribution is 7.89. The summed E-state index contributed by atoms with van der Waals surface area (Å²) in [6.07, 6.45) is 1.54. The van der Waals surface area contributed by atoms with Crippen molar-refractivity contribution < 1.29 is 17.7 Å². The summed E-state index contributed by atoms with van der Waals surface area (Å²) in [5.74, 6) is 0.846. The Labute approximate surface area is 183 Å². The number of nitrogens with zero attached hydrogens (tertiary/aromatic N) is 2. The van der Waals surface area contributed by atoms with E-state index in [1.807, 2.05) is 25.1 Å². The molecule has 3 aromatic rings. The number of aromatic nitrogens is 1. The molecule has 164 valence electrons. The van der Waals surface area contributed by atoms with Gasteiger partial charge in [-0.25, -0.2) is 13.1 Å². The van der Waals surface area contributed by atoms with E-state index in [1.165, 1.54) is 12.7 Å². The van der Waals surface area contributed by atoms with Crippen molar-refractivity contribution in [1.29, 1.82) is 0 Å². The van der Waals surface area contributed by atoms with Gasteiger partial charge in [0, 0.05) is 37.3 Å². The topological polar surface area (TPSA) is 84.7 Å². The van der Waals surface area contributed by atoms with E-state index in [0.29, 0.717) is 11.3 Å². The molecule has 7 nitrogen and oxygen atoms in total. The maximum absolute atomic E-state index is 13.1. The number of hydrogen-bond acceptors (Lipinski definition) is 6. The minimum Gasteiger partial charge on any atom is -0.495 e. The Kier molecular flexibility index (Phi) is 6.41. The van der Waals surface area contributed by atoms with Crippen molar-refractivity contribution >= 4 is 10.0 Å². The van der Waals surface area contributed by atoms with Crippen LogP contribution >= 0.6 is 0 Å². The summed E-state index contributed by atoms with van der Waals surface area (Å²) in [6.45, 7) is 4.42. The number of nitrogens with one attached hydrogen (secondary N) is 1. The minimum atomic E-state index is -3.71. The van der Waals surface area contributed by atoms with Gasteiger partial charge in [-0.2, -0.15) is 0 Å². The summed E-state index contributed by atoms with van der Waals surface area (Å²) >= 11 is 0. The van der Waals surface area contributed by atoms with Crippen molar-refractivity contribution in [3.63, 3.8) is 0 Å². The van der Waals surface area contributed by atoms with Gasteiger partial charge in [0.25, 0.3) is 0 Å². The Balaban J connectivity index is 1.42. The van der Waals surface area contributed by atoms with Crippen molar-refractivity contribution in [2.45, 2.75) is 37.2 Å². The number of hydrogen-bond donors (Lipinski definition) is 1. The molecule has 0 unspecified atom stereocenters. The largest absolute Gasteiger partial charge is 0.495 e. The first kappa shape index (κ1) is 21.5. The molecule has 0 atom stereocenters. The van der Waals surface area contributed by atoms with Crippen LogP contribution < -0.4 is 9.46 Å². The first-order chi connectivity index (χ1) is 14.9. The van der Waals surface area contributed by atoms with Gasteiger partial charge >= 0.3 is 0 Å². The molecule has 31 heavy (non-hydrogen) atoms. The first-order valence-corrected chi connectivity index (χ1v) is 11.8. The van der Waals surface area contributed by atoms with Crippen LogP contribution in [-0.2, 0) is 16.6 Å². The van der Waals surface area contributed by atoms with Gasteiger partial charge < -0.3 is 9.26 Å². The molecule has 1 aliphatic heterocycles. The lowest BCUT2D eigenvalue weighted by molar-refractivity contribution is 0.200. The Morgan fingerprint density at radius 2 is 1.87 bits per heavy atom. The lowest BCUT2D eigenvalue weighted by Crippen LogP contribution is -2.44. The molecule has 1 fully saturated rings. The summed E-state index contributed by atoms with van der Waals surface area (Å²) in [5, 5.41) is 3.88. The Morgan fingerprint density at radius 3 is 2.52 bits per heavy atom. The number of rotatable bonds is 7. The number of methoxy groups -OCH3 is 1. The average molecular weight is 442 g/mol. The van der Waals surface area contributed by atoms with Crippen LogP contribution in [0.15, 0.2) is 64.0 Å². The molecule has 2 aromatic carbocycles. The van der Waals surface area contributed by atoms with Gasteiger partial charge in [-0.05, 0) is 43.5 Å². The molecule has 4 rings (SSSR count). The van der Waals surface area contributed by atoms with Crippen LogP contribution in [0.2, 0.25) is 0 Å². The highest BCUT2D eigenvalue weighted by atomic mass is 32.2. The number of benzene rings is 2. The van der Waals surface area contributed by atoms with E-state index in [1.54, 1.807) is 24.3 Å². The smallest absolute Gasteiger partial charge is 0.244 e. The molecule has 0 saturated carbocycles. The molecule has 8 heteroatoms. The predicted octanol–water partition coefficient (Wildman–Crippen LogP) is 3.60. The summed E-state index contributed by atoms with van der Waals surface area (Å²) in [4.78, 5) is 2.48. The molecule has 2 heterocycles. The second kappa shape index (κ2) is 9.21. The van der Waals surface area contributed by atoms with E-state index >= 15 is 0 Å². The number of piperidine rings is 1. The van der Waals surface area contributed by atoms with E-state index in [0.717, 1.165) is 38.2 Å². The minimum absolute atomic E-state index is 0.0988. The zero-order chi connectivity index (χ0) is 21.8. The van der Waals surface area contributed by atoms with Gasteiger partial charge in [0.05, 0.1) is 12.8 Å². The van der Waals surface area contributed by atoms with Crippen molar-refractivity contribution in [1.82, 2.24) is 14.8 Å². The quantitative estimate of drug-likeness (QED) is 0.603. The first-order valence-electron chi connectivity index (χ1n) is 10.3. The van der Waals surface area contributed by atoms with E-state index in [9.17, 15) is 8.42 Å². The van der Waals surface area contributed by atoms with Crippen molar-refractivity contribution in [2.24, 2.45) is 0 Å². The number of ether oxygens (including phenoxy) is 1. The van der Waals surface area contributed by atoms with Crippen LogP contribution in [0.5, 0.6) is 5.75 Å². The van der Waals surface area contributed by atoms with Crippen molar-refractivity contribution in [2.75, 3.05) is 20.2 Å². The van der Waals surface area contributed by atoms with Gasteiger partial charge in [-0.3, -0.25) is 4.90 Å². The molecule has 1 saturated heterocycles. The molecular formula is C23H27N3O4S. The van der Waals surface area contributed by atoms with Crippen LogP contribution in [0.4, 0.5) is 0 Å². The fraction of sp³-hybridized carbons (Fsp3) is 0.348. The lowest BCUT2D eigenvalue weighted by atomic mass is 10.1. The highest BCUT2D eigenvalue weighted by Gasteiger charge is 2.27. The van der Waals surface area contributed by atoms with Crippen LogP contribution in [0, 0.1) is 6.92 Å². The molecule has 1 N–H and O–H groups in total. The summed E-state index contributed by atoms with van der Waals surface area (Å²) < 4.78 is 39.6. The van der Waals surface area contributed by atoms with Crippen LogP contribution in [-0.4, -0.2) is 44.7 Å². The SMILES string of the molecule is COc1cc(-c2cc(C)no2)ccc1S(=O)(=O)NC1CCN(Cc2ccccc2)CC1. The molecule has 0 aliphatic carbocycles. The molecule has 0 bridgehead atoms. The van der Waals surface area contributed by atoms with Crippen molar-refractivity contribution in [3.8, 4) is 17.1 Å². The standard InChI is InChI=1S/C23H27N3O4S/c1-17-14-21(30-24-17)19-8-9-23(22(15-19)29-2)31(27,28)25-20-10-12-26(13-11-20)16-18-6-4-3-5-7-18/h3-9,14-15,20,25H,10-13,16H2,1-2H3. The maximum Gasteiger partial charge on any atom is 0.244 e. The zero-order valence-corrected chi connectivity index (χ0v) is 18.6. The van der Waals surface area contributed by atoms with Crippen molar-refractivity contribution in [3.05, 3.63) is 65.9 Å². The van der Waals surface area contributed by atoms with Gasteiger partial charge in [0.15, 0.2) is 5.76 Å².